The van der Waals surface area contributed by atoms with Crippen LogP contribution >= 0.6 is 0 Å². The zero-order valence-electron chi connectivity index (χ0n) is 9.36. The van der Waals surface area contributed by atoms with Gasteiger partial charge in [-0.25, -0.2) is 0 Å². The summed E-state index contributed by atoms with van der Waals surface area (Å²) in [6, 6.07) is -0.361. The maximum absolute atomic E-state index is 11.7. The van der Waals surface area contributed by atoms with Crippen molar-refractivity contribution in [3.8, 4) is 0 Å². The van der Waals surface area contributed by atoms with Gasteiger partial charge in [-0.15, -0.1) is 0 Å². The summed E-state index contributed by atoms with van der Waals surface area (Å²) < 4.78 is 5.18. The monoisotopic (exact) mass is 213 g/mol. The zero-order chi connectivity index (χ0) is 11.3. The third-order valence-electron chi connectivity index (χ3n) is 2.77. The van der Waals surface area contributed by atoms with Gasteiger partial charge < -0.3 is 14.8 Å². The Labute approximate surface area is 90.4 Å². The minimum atomic E-state index is -0.361. The topological polar surface area (TPSA) is 55.4 Å². The molecule has 0 bridgehead atoms. The van der Waals surface area contributed by atoms with E-state index in [2.05, 4.69) is 5.32 Å². The van der Waals surface area contributed by atoms with E-state index >= 15 is 0 Å². The lowest BCUT2D eigenvalue weighted by Crippen LogP contribution is -2.44. The van der Waals surface area contributed by atoms with E-state index < -0.39 is 0 Å². The van der Waals surface area contributed by atoms with Gasteiger partial charge in [0.1, 0.15) is 6.29 Å². The quantitative estimate of drug-likeness (QED) is 0.701. The molecule has 4 nitrogen and oxygen atoms in total. The maximum Gasteiger partial charge on any atom is 0.223 e. The molecule has 0 spiro atoms. The molecule has 1 N–H and O–H groups in total. The van der Waals surface area contributed by atoms with Crippen molar-refractivity contribution in [2.75, 3.05) is 13.2 Å². The second-order valence-corrected chi connectivity index (χ2v) is 4.30. The smallest absolute Gasteiger partial charge is 0.223 e. The van der Waals surface area contributed by atoms with Crippen molar-refractivity contribution in [1.82, 2.24) is 5.32 Å². The number of amides is 1. The number of rotatable bonds is 4. The van der Waals surface area contributed by atoms with Gasteiger partial charge in [0, 0.05) is 19.1 Å². The van der Waals surface area contributed by atoms with Gasteiger partial charge in [-0.05, 0) is 18.8 Å². The number of nitrogens with one attached hydrogen (secondary N) is 1. The lowest BCUT2D eigenvalue weighted by molar-refractivity contribution is -0.130. The van der Waals surface area contributed by atoms with Crippen LogP contribution in [-0.2, 0) is 14.3 Å². The number of ether oxygens (including phenoxy) is 1. The van der Waals surface area contributed by atoms with E-state index in [9.17, 15) is 9.59 Å². The molecule has 4 heteroatoms. The largest absolute Gasteiger partial charge is 0.381 e. The summed E-state index contributed by atoms with van der Waals surface area (Å²) in [5.41, 5.74) is 0. The molecule has 0 saturated carbocycles. The zero-order valence-corrected chi connectivity index (χ0v) is 9.36. The van der Waals surface area contributed by atoms with Crippen molar-refractivity contribution in [2.45, 2.75) is 32.7 Å². The lowest BCUT2D eigenvalue weighted by Gasteiger charge is -2.24. The van der Waals surface area contributed by atoms with Crippen molar-refractivity contribution in [2.24, 2.45) is 11.8 Å². The molecule has 15 heavy (non-hydrogen) atoms. The van der Waals surface area contributed by atoms with Crippen LogP contribution in [-0.4, -0.2) is 31.4 Å². The summed E-state index contributed by atoms with van der Waals surface area (Å²) in [4.78, 5) is 22.5. The first-order valence-electron chi connectivity index (χ1n) is 5.48. The molecule has 1 rings (SSSR count). The van der Waals surface area contributed by atoms with E-state index in [1.54, 1.807) is 0 Å². The second-order valence-electron chi connectivity index (χ2n) is 4.30. The summed E-state index contributed by atoms with van der Waals surface area (Å²) in [6.07, 6.45) is 2.33. The fourth-order valence-corrected chi connectivity index (χ4v) is 1.60. The van der Waals surface area contributed by atoms with Crippen molar-refractivity contribution < 1.29 is 14.3 Å². The molecule has 0 aromatic rings. The van der Waals surface area contributed by atoms with Gasteiger partial charge >= 0.3 is 0 Å². The molecule has 1 heterocycles. The molecule has 0 aromatic heterocycles. The lowest BCUT2D eigenvalue weighted by atomic mass is 9.98. The fraction of sp³-hybridized carbons (Fsp3) is 0.818. The van der Waals surface area contributed by atoms with Crippen molar-refractivity contribution in [3.63, 3.8) is 0 Å². The molecular formula is C11H19NO3. The van der Waals surface area contributed by atoms with Crippen LogP contribution in [0.3, 0.4) is 0 Å². The number of hydrogen-bond acceptors (Lipinski definition) is 3. The molecule has 1 fully saturated rings. The Bertz CT molecular complexity index is 222. The van der Waals surface area contributed by atoms with Crippen LogP contribution in [0.15, 0.2) is 0 Å². The normalized spacial score (nSPS) is 19.9. The third kappa shape index (κ3) is 3.63. The van der Waals surface area contributed by atoms with Crippen LogP contribution in [0, 0.1) is 11.8 Å². The molecule has 1 atom stereocenters. The Kier molecular flexibility index (Phi) is 4.75. The molecule has 0 unspecified atom stereocenters. The van der Waals surface area contributed by atoms with Crippen LogP contribution in [0.2, 0.25) is 0 Å². The second kappa shape index (κ2) is 5.85. The summed E-state index contributed by atoms with van der Waals surface area (Å²) in [5, 5.41) is 2.77. The molecule has 1 saturated heterocycles. The van der Waals surface area contributed by atoms with E-state index in [-0.39, 0.29) is 23.8 Å². The Balaban J connectivity index is 2.42. The van der Waals surface area contributed by atoms with Crippen LogP contribution in [0.1, 0.15) is 26.7 Å². The fourth-order valence-electron chi connectivity index (χ4n) is 1.60. The highest BCUT2D eigenvalue weighted by Crippen LogP contribution is 2.15. The molecular weight excluding hydrogens is 194 g/mol. The summed E-state index contributed by atoms with van der Waals surface area (Å²) in [5.74, 6) is 0.148. The molecule has 0 aromatic carbocycles. The first kappa shape index (κ1) is 12.2. The molecule has 1 aliphatic heterocycles. The predicted molar refractivity (Wildman–Crippen MR) is 56.4 cm³/mol. The Morgan fingerprint density at radius 3 is 2.47 bits per heavy atom. The van der Waals surface area contributed by atoms with Crippen LogP contribution in [0.25, 0.3) is 0 Å². The predicted octanol–water partition coefficient (Wildman–Crippen LogP) is 0.753. The molecule has 0 aliphatic carbocycles. The highest BCUT2D eigenvalue weighted by atomic mass is 16.5. The molecule has 86 valence electrons. The standard InChI is InChI=1S/C11H19NO3/c1-8(2)10(7-13)12-11(14)9-3-5-15-6-4-9/h7-10H,3-6H2,1-2H3,(H,12,14)/t10-/m1/s1. The average Bonchev–Trinajstić information content (AvgIpc) is 2.26. The van der Waals surface area contributed by atoms with Gasteiger partial charge in [0.25, 0.3) is 0 Å². The van der Waals surface area contributed by atoms with Crippen molar-refractivity contribution in [1.29, 1.82) is 0 Å². The number of carbonyl (C=O) groups excluding carboxylic acids is 2. The van der Waals surface area contributed by atoms with Crippen molar-refractivity contribution >= 4 is 12.2 Å². The van der Waals surface area contributed by atoms with Crippen LogP contribution in [0.5, 0.6) is 0 Å². The number of carbonyl (C=O) groups is 2. The molecule has 1 aliphatic rings. The van der Waals surface area contributed by atoms with E-state index in [1.165, 1.54) is 0 Å². The van der Waals surface area contributed by atoms with E-state index in [1.807, 2.05) is 13.8 Å². The van der Waals surface area contributed by atoms with E-state index in [0.717, 1.165) is 19.1 Å². The highest BCUT2D eigenvalue weighted by Gasteiger charge is 2.24. The van der Waals surface area contributed by atoms with Gasteiger partial charge in [0.2, 0.25) is 5.91 Å². The maximum atomic E-state index is 11.7. The van der Waals surface area contributed by atoms with Crippen LogP contribution in [0.4, 0.5) is 0 Å². The minimum absolute atomic E-state index is 0.0101. The molecule has 0 radical (unpaired) electrons. The third-order valence-corrected chi connectivity index (χ3v) is 2.77. The molecule has 1 amide bonds. The van der Waals surface area contributed by atoms with E-state index in [4.69, 9.17) is 4.74 Å². The average molecular weight is 213 g/mol. The number of hydrogen-bond donors (Lipinski definition) is 1. The Morgan fingerprint density at radius 2 is 2.00 bits per heavy atom. The Hall–Kier alpha value is -0.900. The van der Waals surface area contributed by atoms with Crippen LogP contribution < -0.4 is 5.32 Å². The van der Waals surface area contributed by atoms with Crippen molar-refractivity contribution in [3.05, 3.63) is 0 Å². The first-order chi connectivity index (χ1) is 7.15. The van der Waals surface area contributed by atoms with E-state index in [0.29, 0.717) is 13.2 Å². The number of aldehydes is 1. The highest BCUT2D eigenvalue weighted by molar-refractivity contribution is 5.81. The van der Waals surface area contributed by atoms with Gasteiger partial charge in [-0.3, -0.25) is 4.79 Å². The first-order valence-corrected chi connectivity index (χ1v) is 5.48. The summed E-state index contributed by atoms with van der Waals surface area (Å²) in [6.45, 7) is 5.13. The SMILES string of the molecule is CC(C)[C@@H](C=O)NC(=O)C1CCOCC1. The Morgan fingerprint density at radius 1 is 1.40 bits per heavy atom. The van der Waals surface area contributed by atoms with Gasteiger partial charge in [-0.2, -0.15) is 0 Å². The minimum Gasteiger partial charge on any atom is -0.381 e. The van der Waals surface area contributed by atoms with Gasteiger partial charge in [-0.1, -0.05) is 13.8 Å². The van der Waals surface area contributed by atoms with Gasteiger partial charge in [0.05, 0.1) is 6.04 Å². The van der Waals surface area contributed by atoms with Gasteiger partial charge in [0.15, 0.2) is 0 Å². The summed E-state index contributed by atoms with van der Waals surface area (Å²) >= 11 is 0. The summed E-state index contributed by atoms with van der Waals surface area (Å²) in [7, 11) is 0.